The summed E-state index contributed by atoms with van der Waals surface area (Å²) in [5.74, 6) is 0.525. The minimum absolute atomic E-state index is 0.116. The smallest absolute Gasteiger partial charge is 0.167 e. The zero-order valence-corrected chi connectivity index (χ0v) is 11.7. The second-order valence-electron chi connectivity index (χ2n) is 4.68. The maximum absolute atomic E-state index is 13.7. The van der Waals surface area contributed by atoms with Crippen LogP contribution in [0.15, 0.2) is 30.5 Å². The predicted octanol–water partition coefficient (Wildman–Crippen LogP) is 3.69. The summed E-state index contributed by atoms with van der Waals surface area (Å²) in [6, 6.07) is 6.18. The number of ether oxygens (including phenoxy) is 2. The molecule has 0 aliphatic carbocycles. The molecule has 0 amide bonds. The zero-order valence-electron chi connectivity index (χ0n) is 11.7. The van der Waals surface area contributed by atoms with Crippen LogP contribution in [-0.2, 0) is 0 Å². The Morgan fingerprint density at radius 1 is 1.20 bits per heavy atom. The highest BCUT2D eigenvalue weighted by Crippen LogP contribution is 2.34. The molecule has 20 heavy (non-hydrogen) atoms. The van der Waals surface area contributed by atoms with Crippen LogP contribution < -0.4 is 15.2 Å². The van der Waals surface area contributed by atoms with Gasteiger partial charge in [0.1, 0.15) is 5.75 Å². The van der Waals surface area contributed by atoms with E-state index < -0.39 is 5.82 Å². The van der Waals surface area contributed by atoms with Crippen LogP contribution in [-0.4, -0.2) is 11.1 Å². The van der Waals surface area contributed by atoms with Crippen LogP contribution in [0.4, 0.5) is 10.1 Å². The molecule has 0 aliphatic rings. The minimum Gasteiger partial charge on any atom is -0.488 e. The Hall–Kier alpha value is -2.30. The van der Waals surface area contributed by atoms with Crippen LogP contribution in [0.5, 0.6) is 17.2 Å². The number of nitrogens with zero attached hydrogens (tertiary/aromatic N) is 1. The fraction of sp³-hybridized carbons (Fsp3) is 0.267. The molecule has 0 radical (unpaired) electrons. The Morgan fingerprint density at radius 3 is 2.60 bits per heavy atom. The summed E-state index contributed by atoms with van der Waals surface area (Å²) < 4.78 is 24.8. The Bertz CT molecular complexity index is 615. The lowest BCUT2D eigenvalue weighted by Gasteiger charge is -2.15. The second kappa shape index (κ2) is 5.77. The molecule has 0 fully saturated rings. The van der Waals surface area contributed by atoms with Gasteiger partial charge in [-0.3, -0.25) is 4.98 Å². The molecule has 0 saturated heterocycles. The Labute approximate surface area is 117 Å². The van der Waals surface area contributed by atoms with Gasteiger partial charge in [0.15, 0.2) is 17.3 Å². The van der Waals surface area contributed by atoms with E-state index in [1.807, 2.05) is 20.8 Å². The zero-order chi connectivity index (χ0) is 14.7. The third-order valence-corrected chi connectivity index (χ3v) is 2.61. The van der Waals surface area contributed by atoms with Gasteiger partial charge >= 0.3 is 0 Å². The number of halogens is 1. The number of nitrogen functional groups attached to an aromatic ring is 1. The highest BCUT2D eigenvalue weighted by Gasteiger charge is 2.13. The van der Waals surface area contributed by atoms with Crippen molar-refractivity contribution in [3.05, 3.63) is 42.0 Å². The first-order valence-electron chi connectivity index (χ1n) is 6.32. The summed E-state index contributed by atoms with van der Waals surface area (Å²) >= 11 is 0. The molecule has 1 aromatic carbocycles. The number of hydrogen-bond acceptors (Lipinski definition) is 4. The molecule has 1 aromatic heterocycles. The van der Waals surface area contributed by atoms with Crippen LogP contribution >= 0.6 is 0 Å². The van der Waals surface area contributed by atoms with Gasteiger partial charge < -0.3 is 15.2 Å². The first kappa shape index (κ1) is 14.1. The number of hydrogen-bond donors (Lipinski definition) is 1. The van der Waals surface area contributed by atoms with Crippen molar-refractivity contribution in [2.75, 3.05) is 5.73 Å². The van der Waals surface area contributed by atoms with Gasteiger partial charge in [-0.2, -0.15) is 0 Å². The van der Waals surface area contributed by atoms with E-state index in [1.165, 1.54) is 12.1 Å². The summed E-state index contributed by atoms with van der Waals surface area (Å²) in [5, 5.41) is 0. The van der Waals surface area contributed by atoms with Crippen molar-refractivity contribution in [1.82, 2.24) is 4.98 Å². The number of aryl methyl sites for hydroxylation is 1. The van der Waals surface area contributed by atoms with E-state index in [-0.39, 0.29) is 17.5 Å². The van der Waals surface area contributed by atoms with Crippen molar-refractivity contribution in [2.24, 2.45) is 0 Å². The van der Waals surface area contributed by atoms with Crippen molar-refractivity contribution < 1.29 is 13.9 Å². The van der Waals surface area contributed by atoms with E-state index in [0.29, 0.717) is 11.5 Å². The lowest BCUT2D eigenvalue weighted by molar-refractivity contribution is 0.230. The topological polar surface area (TPSA) is 57.4 Å². The lowest BCUT2D eigenvalue weighted by atomic mass is 10.2. The van der Waals surface area contributed by atoms with Crippen molar-refractivity contribution in [3.8, 4) is 17.2 Å². The summed E-state index contributed by atoms with van der Waals surface area (Å²) in [5.41, 5.74) is 6.71. The fourth-order valence-corrected chi connectivity index (χ4v) is 1.68. The van der Waals surface area contributed by atoms with E-state index in [2.05, 4.69) is 4.98 Å². The normalized spacial score (nSPS) is 10.7. The van der Waals surface area contributed by atoms with Crippen molar-refractivity contribution in [3.63, 3.8) is 0 Å². The molecule has 0 spiro atoms. The predicted molar refractivity (Wildman–Crippen MR) is 75.6 cm³/mol. The SMILES string of the molecule is Cc1ncccc1Oc1cc(OC(C)C)c(F)cc1N. The van der Waals surface area contributed by atoms with E-state index in [0.717, 1.165) is 5.69 Å². The van der Waals surface area contributed by atoms with Crippen molar-refractivity contribution in [1.29, 1.82) is 0 Å². The monoisotopic (exact) mass is 276 g/mol. The summed E-state index contributed by atoms with van der Waals surface area (Å²) in [4.78, 5) is 4.12. The maximum Gasteiger partial charge on any atom is 0.167 e. The van der Waals surface area contributed by atoms with Gasteiger partial charge in [0.05, 0.1) is 17.5 Å². The van der Waals surface area contributed by atoms with Gasteiger partial charge in [-0.1, -0.05) is 0 Å². The molecule has 4 nitrogen and oxygen atoms in total. The van der Waals surface area contributed by atoms with Crippen LogP contribution in [0.1, 0.15) is 19.5 Å². The number of rotatable bonds is 4. The standard InChI is InChI=1S/C15H17FN2O2/c1-9(2)19-14-8-15(12(17)7-11(14)16)20-13-5-4-6-18-10(13)3/h4-9H,17H2,1-3H3. The minimum atomic E-state index is -0.508. The first-order chi connectivity index (χ1) is 9.47. The van der Waals surface area contributed by atoms with Gasteiger partial charge in [0.25, 0.3) is 0 Å². The molecule has 0 atom stereocenters. The van der Waals surface area contributed by atoms with E-state index in [1.54, 1.807) is 18.3 Å². The largest absolute Gasteiger partial charge is 0.488 e. The number of aromatic nitrogens is 1. The van der Waals surface area contributed by atoms with Crippen molar-refractivity contribution in [2.45, 2.75) is 26.9 Å². The summed E-state index contributed by atoms with van der Waals surface area (Å²) in [7, 11) is 0. The Balaban J connectivity index is 2.34. The van der Waals surface area contributed by atoms with Crippen LogP contribution in [0.25, 0.3) is 0 Å². The van der Waals surface area contributed by atoms with Gasteiger partial charge in [0.2, 0.25) is 0 Å². The molecule has 2 aromatic rings. The molecular weight excluding hydrogens is 259 g/mol. The average Bonchev–Trinajstić information content (AvgIpc) is 2.37. The van der Waals surface area contributed by atoms with Gasteiger partial charge in [-0.25, -0.2) is 4.39 Å². The molecule has 1 heterocycles. The van der Waals surface area contributed by atoms with Crippen LogP contribution in [0, 0.1) is 12.7 Å². The van der Waals surface area contributed by atoms with Gasteiger partial charge in [-0.15, -0.1) is 0 Å². The molecule has 0 bridgehead atoms. The molecule has 0 saturated carbocycles. The number of anilines is 1. The molecular formula is C15H17FN2O2. The molecule has 0 aliphatic heterocycles. The van der Waals surface area contributed by atoms with E-state index in [9.17, 15) is 4.39 Å². The number of pyridine rings is 1. The van der Waals surface area contributed by atoms with Gasteiger partial charge in [0, 0.05) is 18.3 Å². The van der Waals surface area contributed by atoms with Crippen LogP contribution in [0.2, 0.25) is 0 Å². The van der Waals surface area contributed by atoms with Crippen molar-refractivity contribution >= 4 is 5.69 Å². The quantitative estimate of drug-likeness (QED) is 0.865. The summed E-state index contributed by atoms with van der Waals surface area (Å²) in [6.45, 7) is 5.46. The third-order valence-electron chi connectivity index (χ3n) is 2.61. The molecule has 2 N–H and O–H groups in total. The van der Waals surface area contributed by atoms with Gasteiger partial charge in [-0.05, 0) is 32.9 Å². The molecule has 5 heteroatoms. The second-order valence-corrected chi connectivity index (χ2v) is 4.68. The van der Waals surface area contributed by atoms with Crippen LogP contribution in [0.3, 0.4) is 0 Å². The highest BCUT2D eigenvalue weighted by atomic mass is 19.1. The third kappa shape index (κ3) is 3.17. The van der Waals surface area contributed by atoms with E-state index >= 15 is 0 Å². The first-order valence-corrected chi connectivity index (χ1v) is 6.32. The Kier molecular flexibility index (Phi) is 4.08. The Morgan fingerprint density at radius 2 is 1.95 bits per heavy atom. The highest BCUT2D eigenvalue weighted by molar-refractivity contribution is 5.57. The fourth-order valence-electron chi connectivity index (χ4n) is 1.68. The molecule has 0 unspecified atom stereocenters. The molecule has 2 rings (SSSR count). The van der Waals surface area contributed by atoms with E-state index in [4.69, 9.17) is 15.2 Å². The summed E-state index contributed by atoms with van der Waals surface area (Å²) in [6.07, 6.45) is 1.53. The maximum atomic E-state index is 13.7. The number of nitrogens with two attached hydrogens (primary N) is 1. The molecule has 106 valence electrons. The lowest BCUT2D eigenvalue weighted by Crippen LogP contribution is -2.07. The average molecular weight is 276 g/mol. The number of benzene rings is 1.